The van der Waals surface area contributed by atoms with Gasteiger partial charge in [0.25, 0.3) is 5.91 Å². The van der Waals surface area contributed by atoms with Crippen LogP contribution in [-0.4, -0.2) is 30.1 Å². The summed E-state index contributed by atoms with van der Waals surface area (Å²) in [6, 6.07) is 7.44. The molecule has 2 rings (SSSR count). The number of methoxy groups -OCH3 is 1. The highest BCUT2D eigenvalue weighted by molar-refractivity contribution is 7.80. The lowest BCUT2D eigenvalue weighted by atomic mass is 10.2. The zero-order valence-electron chi connectivity index (χ0n) is 9.56. The molecule has 1 aliphatic heterocycles. The zero-order valence-corrected chi connectivity index (χ0v) is 10.4. The Bertz CT molecular complexity index is 494. The fourth-order valence-electron chi connectivity index (χ4n) is 1.49. The van der Waals surface area contributed by atoms with E-state index >= 15 is 0 Å². The molecular formula is C12H12N2O2S. The van der Waals surface area contributed by atoms with Crippen LogP contribution in [-0.2, 0) is 4.79 Å². The van der Waals surface area contributed by atoms with Gasteiger partial charge in [-0.05, 0) is 36.0 Å². The SMILES string of the molecule is COc1ccc(/C=C2/NC(=S)N(C)C2=O)cc1. The molecule has 0 aliphatic carbocycles. The number of ether oxygens (including phenoxy) is 1. The van der Waals surface area contributed by atoms with E-state index in [2.05, 4.69) is 5.32 Å². The Labute approximate surface area is 105 Å². The first-order chi connectivity index (χ1) is 8.11. The second kappa shape index (κ2) is 4.55. The van der Waals surface area contributed by atoms with E-state index in [4.69, 9.17) is 17.0 Å². The van der Waals surface area contributed by atoms with Crippen molar-refractivity contribution in [2.75, 3.05) is 14.2 Å². The molecule has 0 aromatic heterocycles. The van der Waals surface area contributed by atoms with Gasteiger partial charge in [-0.15, -0.1) is 0 Å². The molecule has 1 aromatic carbocycles. The molecule has 0 saturated carbocycles. The smallest absolute Gasteiger partial charge is 0.276 e. The molecule has 0 bridgehead atoms. The van der Waals surface area contributed by atoms with Crippen molar-refractivity contribution in [1.82, 2.24) is 10.2 Å². The maximum atomic E-state index is 11.7. The highest BCUT2D eigenvalue weighted by Gasteiger charge is 2.26. The van der Waals surface area contributed by atoms with Gasteiger partial charge in [-0.2, -0.15) is 0 Å². The Kier molecular flexibility index (Phi) is 3.10. The first-order valence-electron chi connectivity index (χ1n) is 5.06. The van der Waals surface area contributed by atoms with E-state index in [0.29, 0.717) is 10.8 Å². The van der Waals surface area contributed by atoms with Crippen molar-refractivity contribution < 1.29 is 9.53 Å². The van der Waals surface area contributed by atoms with Crippen LogP contribution < -0.4 is 10.1 Å². The third-order valence-corrected chi connectivity index (χ3v) is 2.88. The molecule has 17 heavy (non-hydrogen) atoms. The predicted octanol–water partition coefficient (Wildman–Crippen LogP) is 1.38. The molecule has 0 spiro atoms. The summed E-state index contributed by atoms with van der Waals surface area (Å²) in [5.74, 6) is 0.663. The number of carbonyl (C=O) groups is 1. The number of hydrogen-bond donors (Lipinski definition) is 1. The van der Waals surface area contributed by atoms with E-state index in [9.17, 15) is 4.79 Å². The van der Waals surface area contributed by atoms with Crippen LogP contribution in [0.5, 0.6) is 5.75 Å². The van der Waals surface area contributed by atoms with Crippen molar-refractivity contribution in [1.29, 1.82) is 0 Å². The van der Waals surface area contributed by atoms with E-state index in [-0.39, 0.29) is 5.91 Å². The van der Waals surface area contributed by atoms with Crippen LogP contribution in [0.25, 0.3) is 6.08 Å². The van der Waals surface area contributed by atoms with Crippen molar-refractivity contribution >= 4 is 29.3 Å². The van der Waals surface area contributed by atoms with Gasteiger partial charge in [0.05, 0.1) is 7.11 Å². The molecule has 1 amide bonds. The fourth-order valence-corrected chi connectivity index (χ4v) is 1.68. The quantitative estimate of drug-likeness (QED) is 0.634. The van der Waals surface area contributed by atoms with Gasteiger partial charge < -0.3 is 10.1 Å². The Morgan fingerprint density at radius 1 is 1.35 bits per heavy atom. The average molecular weight is 248 g/mol. The minimum atomic E-state index is -0.120. The number of rotatable bonds is 2. The van der Waals surface area contributed by atoms with Crippen LogP contribution >= 0.6 is 12.2 Å². The van der Waals surface area contributed by atoms with Gasteiger partial charge in [-0.3, -0.25) is 9.69 Å². The van der Waals surface area contributed by atoms with E-state index in [1.54, 1.807) is 20.2 Å². The number of carbonyl (C=O) groups excluding carboxylic acids is 1. The Hall–Kier alpha value is -1.88. The number of nitrogens with one attached hydrogen (secondary N) is 1. The zero-order chi connectivity index (χ0) is 12.4. The molecule has 1 saturated heterocycles. The lowest BCUT2D eigenvalue weighted by Crippen LogP contribution is -2.25. The largest absolute Gasteiger partial charge is 0.497 e. The van der Waals surface area contributed by atoms with Crippen LogP contribution in [0, 0.1) is 0 Å². The lowest BCUT2D eigenvalue weighted by molar-refractivity contribution is -0.121. The number of benzene rings is 1. The maximum absolute atomic E-state index is 11.7. The van der Waals surface area contributed by atoms with Gasteiger partial charge in [-0.25, -0.2) is 0 Å². The topological polar surface area (TPSA) is 41.6 Å². The molecular weight excluding hydrogens is 236 g/mol. The van der Waals surface area contributed by atoms with Gasteiger partial charge in [0.1, 0.15) is 11.4 Å². The first-order valence-corrected chi connectivity index (χ1v) is 5.47. The van der Waals surface area contributed by atoms with Crippen LogP contribution in [0.1, 0.15) is 5.56 Å². The minimum Gasteiger partial charge on any atom is -0.497 e. The maximum Gasteiger partial charge on any atom is 0.276 e. The van der Waals surface area contributed by atoms with Crippen LogP contribution in [0.4, 0.5) is 0 Å². The summed E-state index contributed by atoms with van der Waals surface area (Å²) in [7, 11) is 3.26. The molecule has 1 N–H and O–H groups in total. The molecule has 5 heteroatoms. The van der Waals surface area contributed by atoms with Gasteiger partial charge >= 0.3 is 0 Å². The molecule has 1 heterocycles. The third-order valence-electron chi connectivity index (χ3n) is 2.51. The number of amides is 1. The van der Waals surface area contributed by atoms with E-state index < -0.39 is 0 Å². The summed E-state index contributed by atoms with van der Waals surface area (Å²) >= 11 is 4.98. The summed E-state index contributed by atoms with van der Waals surface area (Å²) in [5, 5.41) is 3.29. The summed E-state index contributed by atoms with van der Waals surface area (Å²) < 4.78 is 5.06. The van der Waals surface area contributed by atoms with Crippen molar-refractivity contribution in [2.45, 2.75) is 0 Å². The molecule has 88 valence electrons. The van der Waals surface area contributed by atoms with Crippen LogP contribution in [0.2, 0.25) is 0 Å². The second-order valence-corrected chi connectivity index (χ2v) is 4.01. The Morgan fingerprint density at radius 3 is 2.47 bits per heavy atom. The first kappa shape index (κ1) is 11.6. The molecule has 0 atom stereocenters. The standard InChI is InChI=1S/C12H12N2O2S/c1-14-11(15)10(13-12(14)17)7-8-3-5-9(16-2)6-4-8/h3-7H,1-2H3,(H,13,17)/b10-7+. The van der Waals surface area contributed by atoms with E-state index in [0.717, 1.165) is 11.3 Å². The molecule has 0 unspecified atom stereocenters. The summed E-state index contributed by atoms with van der Waals surface area (Å²) in [4.78, 5) is 13.1. The van der Waals surface area contributed by atoms with Crippen molar-refractivity contribution in [2.24, 2.45) is 0 Å². The van der Waals surface area contributed by atoms with E-state index in [1.165, 1.54) is 4.90 Å². The summed E-state index contributed by atoms with van der Waals surface area (Å²) in [6.07, 6.45) is 1.76. The number of nitrogens with zero attached hydrogens (tertiary/aromatic N) is 1. The Balaban J connectivity index is 2.24. The van der Waals surface area contributed by atoms with Crippen LogP contribution in [0.3, 0.4) is 0 Å². The minimum absolute atomic E-state index is 0.120. The van der Waals surface area contributed by atoms with Crippen molar-refractivity contribution in [3.8, 4) is 5.75 Å². The highest BCUT2D eigenvalue weighted by Crippen LogP contribution is 2.16. The lowest BCUT2D eigenvalue weighted by Gasteiger charge is -2.02. The molecule has 0 radical (unpaired) electrons. The number of thiocarbonyl (C=S) groups is 1. The van der Waals surface area contributed by atoms with E-state index in [1.807, 2.05) is 24.3 Å². The molecule has 1 fully saturated rings. The van der Waals surface area contributed by atoms with Gasteiger partial charge in [0.15, 0.2) is 5.11 Å². The monoisotopic (exact) mass is 248 g/mol. The normalized spacial score (nSPS) is 17.5. The summed E-state index contributed by atoms with van der Waals surface area (Å²) in [5.41, 5.74) is 1.41. The van der Waals surface area contributed by atoms with Gasteiger partial charge in [0.2, 0.25) is 0 Å². The molecule has 1 aromatic rings. The molecule has 1 aliphatic rings. The Morgan fingerprint density at radius 2 is 2.00 bits per heavy atom. The van der Waals surface area contributed by atoms with Crippen molar-refractivity contribution in [3.63, 3.8) is 0 Å². The van der Waals surface area contributed by atoms with Crippen LogP contribution in [0.15, 0.2) is 30.0 Å². The molecule has 4 nitrogen and oxygen atoms in total. The van der Waals surface area contributed by atoms with Gasteiger partial charge in [0, 0.05) is 7.05 Å². The van der Waals surface area contributed by atoms with Crippen molar-refractivity contribution in [3.05, 3.63) is 35.5 Å². The summed E-state index contributed by atoms with van der Waals surface area (Å²) in [6.45, 7) is 0. The highest BCUT2D eigenvalue weighted by atomic mass is 32.1. The third kappa shape index (κ3) is 2.29. The number of hydrogen-bond acceptors (Lipinski definition) is 3. The van der Waals surface area contributed by atoms with Gasteiger partial charge in [-0.1, -0.05) is 12.1 Å². The predicted molar refractivity (Wildman–Crippen MR) is 69.5 cm³/mol. The number of likely N-dealkylation sites (N-methyl/N-ethyl adjacent to an activating group) is 1. The second-order valence-electron chi connectivity index (χ2n) is 3.63. The average Bonchev–Trinajstić information content (AvgIpc) is 2.58. The fraction of sp³-hybridized carbons (Fsp3) is 0.167.